The summed E-state index contributed by atoms with van der Waals surface area (Å²) in [7, 11) is 0. The van der Waals surface area contributed by atoms with Gasteiger partial charge in [0.15, 0.2) is 0 Å². The fourth-order valence-electron chi connectivity index (χ4n) is 17.9. The number of nitrogens with zero attached hydrogens (tertiary/aromatic N) is 2. The van der Waals surface area contributed by atoms with Gasteiger partial charge in [-0.05, 0) is 206 Å². The molecule has 0 amide bonds. The van der Waals surface area contributed by atoms with E-state index in [1.165, 1.54) is 98.7 Å². The predicted octanol–water partition coefficient (Wildman–Crippen LogP) is 28.3. The zero-order valence-electron chi connectivity index (χ0n) is 58.0. The van der Waals surface area contributed by atoms with Gasteiger partial charge in [-0.3, -0.25) is 0 Å². The minimum atomic E-state index is -0.489. The fourth-order valence-corrected chi connectivity index (χ4v) is 17.9. The zero-order chi connectivity index (χ0) is 69.1. The lowest BCUT2D eigenvalue weighted by molar-refractivity contribution is 0.648. The lowest BCUT2D eigenvalue weighted by atomic mass is 9.79. The molecule has 17 aromatic carbocycles. The Hall–Kier alpha value is -13.0. The van der Waals surface area contributed by atoms with Gasteiger partial charge in [0.2, 0.25) is 0 Å². The van der Waals surface area contributed by atoms with Crippen molar-refractivity contribution in [3.8, 4) is 66.8 Å². The molecule has 0 saturated heterocycles. The van der Waals surface area contributed by atoms with Crippen molar-refractivity contribution in [3.63, 3.8) is 0 Å². The molecule has 0 bridgehead atoms. The third-order valence-corrected chi connectivity index (χ3v) is 23.0. The first-order chi connectivity index (χ1) is 51.1. The first-order valence-electron chi connectivity index (χ1n) is 36.2. The van der Waals surface area contributed by atoms with Crippen molar-refractivity contribution >= 4 is 121 Å². The number of para-hydroxylation sites is 2. The van der Waals surface area contributed by atoms with Gasteiger partial charge in [0.05, 0.1) is 22.1 Å². The second-order valence-electron chi connectivity index (χ2n) is 29.4. The largest absolute Gasteiger partial charge is 0.455 e. The molecule has 490 valence electrons. The van der Waals surface area contributed by atoms with E-state index >= 15 is 0 Å². The van der Waals surface area contributed by atoms with Crippen LogP contribution in [-0.4, -0.2) is 0 Å². The van der Waals surface area contributed by atoms with Gasteiger partial charge in [0, 0.05) is 55.5 Å². The van der Waals surface area contributed by atoms with E-state index in [1.807, 2.05) is 0 Å². The monoisotopic (exact) mass is 1330 g/mol. The van der Waals surface area contributed by atoms with E-state index in [2.05, 4.69) is 377 Å². The smallest absolute Gasteiger partial charge is 0.145 e. The molecular weight excluding hydrogens is 1260 g/mol. The van der Waals surface area contributed by atoms with Crippen LogP contribution in [0.15, 0.2) is 349 Å². The first-order valence-corrected chi connectivity index (χ1v) is 36.2. The lowest BCUT2D eigenvalue weighted by Crippen LogP contribution is -2.18. The van der Waals surface area contributed by atoms with Crippen LogP contribution in [0.25, 0.3) is 154 Å². The summed E-state index contributed by atoms with van der Waals surface area (Å²) in [5, 5.41) is 14.1. The topological polar surface area (TPSA) is 32.8 Å². The van der Waals surface area contributed by atoms with Crippen LogP contribution in [-0.2, 0) is 10.8 Å². The third kappa shape index (κ3) is 8.98. The maximum absolute atomic E-state index is 7.45. The van der Waals surface area contributed by atoms with Gasteiger partial charge >= 0.3 is 0 Å². The van der Waals surface area contributed by atoms with Crippen LogP contribution in [0.4, 0.5) is 34.1 Å². The van der Waals surface area contributed by atoms with E-state index in [9.17, 15) is 0 Å². The number of benzene rings is 17. The summed E-state index contributed by atoms with van der Waals surface area (Å²) in [6.45, 7) is 9.67. The van der Waals surface area contributed by atoms with Crippen molar-refractivity contribution in [2.75, 3.05) is 9.80 Å². The van der Waals surface area contributed by atoms with Gasteiger partial charge in [-0.25, -0.2) is 0 Å². The molecule has 0 saturated carbocycles. The van der Waals surface area contributed by atoms with Gasteiger partial charge in [-0.15, -0.1) is 0 Å². The number of rotatable bonds is 10. The molecule has 0 spiro atoms. The van der Waals surface area contributed by atoms with E-state index in [-0.39, 0.29) is 0 Å². The number of hydrogen-bond donors (Lipinski definition) is 0. The molecule has 2 aliphatic rings. The minimum Gasteiger partial charge on any atom is -0.455 e. The molecule has 0 radical (unpaired) electrons. The highest BCUT2D eigenvalue weighted by Crippen LogP contribution is 2.63. The highest BCUT2D eigenvalue weighted by atomic mass is 16.3. The molecular formula is C100H68N2O2. The molecule has 2 aliphatic carbocycles. The Morgan fingerprint density at radius 3 is 0.788 bits per heavy atom. The molecule has 0 unspecified atom stereocenters. The quantitative estimate of drug-likeness (QED) is 0.137. The van der Waals surface area contributed by atoms with Crippen LogP contribution in [0, 0.1) is 0 Å². The summed E-state index contributed by atoms with van der Waals surface area (Å²) in [5.41, 5.74) is 28.0. The Morgan fingerprint density at radius 2 is 0.490 bits per heavy atom. The summed E-state index contributed by atoms with van der Waals surface area (Å²) in [6.07, 6.45) is 0. The van der Waals surface area contributed by atoms with Crippen LogP contribution in [0.3, 0.4) is 0 Å². The maximum atomic E-state index is 7.45. The summed E-state index contributed by atoms with van der Waals surface area (Å²) >= 11 is 0. The van der Waals surface area contributed by atoms with Crippen molar-refractivity contribution in [2.24, 2.45) is 0 Å². The lowest BCUT2D eigenvalue weighted by Gasteiger charge is -2.29. The van der Waals surface area contributed by atoms with Crippen molar-refractivity contribution < 1.29 is 8.83 Å². The molecule has 0 atom stereocenters. The van der Waals surface area contributed by atoms with Crippen LogP contribution < -0.4 is 9.80 Å². The van der Waals surface area contributed by atoms with Crippen LogP contribution in [0.2, 0.25) is 0 Å². The van der Waals surface area contributed by atoms with Crippen LogP contribution in [0.1, 0.15) is 49.9 Å². The number of furan rings is 2. The van der Waals surface area contributed by atoms with E-state index < -0.39 is 10.8 Å². The van der Waals surface area contributed by atoms with E-state index in [4.69, 9.17) is 8.83 Å². The van der Waals surface area contributed by atoms with Gasteiger partial charge in [-0.2, -0.15) is 0 Å². The first kappa shape index (κ1) is 59.8. The Bertz CT molecular complexity index is 6090. The average Bonchev–Trinajstić information content (AvgIpc) is 1.52. The van der Waals surface area contributed by atoms with Crippen molar-refractivity contribution in [3.05, 3.63) is 362 Å². The molecule has 2 heterocycles. The van der Waals surface area contributed by atoms with E-state index in [0.717, 1.165) is 111 Å². The molecule has 19 aromatic rings. The SMILES string of the molecule is CC1(C)c2cc3c(cc2-c2c1cc(N(c1ccc(-c4cccc5ccccc45)cc1)c1ccc(-c4cccc5ccccc45)cc1)c1c2oc2ccccc21)C(C)(C)c1cc(N(c2ccc(-c4cccc5ccccc45)cc2)c2ccc(-c4cccc5ccccc45)cc2)c2c(oc4ccccc42)c1-3. The Kier molecular flexibility index (Phi) is 13.1. The predicted molar refractivity (Wildman–Crippen MR) is 437 cm³/mol. The highest BCUT2D eigenvalue weighted by Gasteiger charge is 2.46. The van der Waals surface area contributed by atoms with Crippen molar-refractivity contribution in [1.29, 1.82) is 0 Å². The summed E-state index contributed by atoms with van der Waals surface area (Å²) in [4.78, 5) is 4.95. The highest BCUT2D eigenvalue weighted by molar-refractivity contribution is 6.22. The summed E-state index contributed by atoms with van der Waals surface area (Å²) < 4.78 is 14.9. The number of anilines is 6. The van der Waals surface area contributed by atoms with Crippen molar-refractivity contribution in [1.82, 2.24) is 0 Å². The Labute approximate surface area is 603 Å². The second kappa shape index (κ2) is 22.7. The molecule has 104 heavy (non-hydrogen) atoms. The molecule has 21 rings (SSSR count). The van der Waals surface area contributed by atoms with Gasteiger partial charge < -0.3 is 18.6 Å². The normalized spacial score (nSPS) is 13.3. The molecule has 0 N–H and O–H groups in total. The average molecular weight is 1330 g/mol. The Balaban J connectivity index is 0.748. The fraction of sp³-hybridized carbons (Fsp3) is 0.0600. The van der Waals surface area contributed by atoms with Crippen LogP contribution >= 0.6 is 0 Å². The second-order valence-corrected chi connectivity index (χ2v) is 29.4. The molecule has 0 aliphatic heterocycles. The zero-order valence-corrected chi connectivity index (χ0v) is 58.0. The molecule has 0 fully saturated rings. The van der Waals surface area contributed by atoms with Crippen LogP contribution in [0.5, 0.6) is 0 Å². The van der Waals surface area contributed by atoms with Crippen molar-refractivity contribution in [2.45, 2.75) is 38.5 Å². The van der Waals surface area contributed by atoms with E-state index in [0.29, 0.717) is 0 Å². The van der Waals surface area contributed by atoms with Gasteiger partial charge in [0.25, 0.3) is 0 Å². The number of fused-ring (bicyclic) bond motifs is 18. The van der Waals surface area contributed by atoms with Gasteiger partial charge in [0.1, 0.15) is 22.3 Å². The summed E-state index contributed by atoms with van der Waals surface area (Å²) in [5.74, 6) is 0. The molecule has 2 aromatic heterocycles. The maximum Gasteiger partial charge on any atom is 0.145 e. The molecule has 4 heteroatoms. The summed E-state index contributed by atoms with van der Waals surface area (Å²) in [6, 6.07) is 125. The minimum absolute atomic E-state index is 0.489. The number of hydrogen-bond acceptors (Lipinski definition) is 4. The Morgan fingerprint density at radius 1 is 0.231 bits per heavy atom. The standard InChI is InChI=1S/C100H68N2O2/c1-99(2)85-57-84-86(58-83(85)93-87(99)59-89(95-81-33-13-15-39-91(81)103-97(93)95)101(69-49-41-65(42-50-69)77-35-17-25-61-21-5-9-29-73(61)77)70-51-43-66(44-52-70)78-36-18-26-62-22-6-10-30-74(62)78)100(3,4)88-60-90(96-82-34-14-16-40-92(82)104-98(96)94(84)88)102(71-53-45-67(46-54-71)79-37-19-27-63-23-7-11-31-75(63)79)72-55-47-68(48-56-72)80-38-20-28-64-24-8-12-32-76(64)80/h5-60H,1-4H3. The van der Waals surface area contributed by atoms with E-state index in [1.54, 1.807) is 0 Å². The van der Waals surface area contributed by atoms with Gasteiger partial charge in [-0.1, -0.05) is 282 Å². The third-order valence-electron chi connectivity index (χ3n) is 23.0. The molecule has 4 nitrogen and oxygen atoms in total.